The van der Waals surface area contributed by atoms with E-state index in [9.17, 15) is 4.79 Å². The number of rotatable bonds is 5. The van der Waals surface area contributed by atoms with Crippen molar-refractivity contribution in [2.75, 3.05) is 13.2 Å². The number of hydrogen-bond acceptors (Lipinski definition) is 3. The zero-order valence-corrected chi connectivity index (χ0v) is 12.2. The van der Waals surface area contributed by atoms with Crippen LogP contribution >= 0.6 is 12.4 Å². The molecule has 106 valence electrons. The van der Waals surface area contributed by atoms with Gasteiger partial charge in [0.1, 0.15) is 12.4 Å². The minimum atomic E-state index is -0.599. The first-order valence-corrected chi connectivity index (χ1v) is 6.29. The Morgan fingerprint density at radius 2 is 1.95 bits per heavy atom. The summed E-state index contributed by atoms with van der Waals surface area (Å²) in [6.07, 6.45) is 1.58. The molecule has 5 heteroatoms. The van der Waals surface area contributed by atoms with Gasteiger partial charge in [0.25, 0.3) is 0 Å². The number of halogens is 1. The maximum absolute atomic E-state index is 11.6. The highest BCUT2D eigenvalue weighted by atomic mass is 35.5. The van der Waals surface area contributed by atoms with Crippen LogP contribution in [0, 0.1) is 13.8 Å². The molecule has 1 fully saturated rings. The van der Waals surface area contributed by atoms with E-state index >= 15 is 0 Å². The summed E-state index contributed by atoms with van der Waals surface area (Å²) in [5, 5.41) is 2.81. The monoisotopic (exact) mass is 284 g/mol. The second-order valence-corrected chi connectivity index (χ2v) is 4.98. The van der Waals surface area contributed by atoms with Gasteiger partial charge in [0.05, 0.1) is 12.1 Å². The highest BCUT2D eigenvalue weighted by Crippen LogP contribution is 2.31. The van der Waals surface area contributed by atoms with Gasteiger partial charge in [-0.25, -0.2) is 0 Å². The van der Waals surface area contributed by atoms with Crippen molar-refractivity contribution in [2.45, 2.75) is 32.2 Å². The Morgan fingerprint density at radius 1 is 1.37 bits per heavy atom. The first-order chi connectivity index (χ1) is 8.53. The summed E-state index contributed by atoms with van der Waals surface area (Å²) in [6, 6.07) is 6.03. The first-order valence-electron chi connectivity index (χ1n) is 6.29. The van der Waals surface area contributed by atoms with Crippen LogP contribution in [0.2, 0.25) is 0 Å². The molecule has 0 aliphatic heterocycles. The van der Waals surface area contributed by atoms with Crippen molar-refractivity contribution in [3.8, 4) is 5.75 Å². The van der Waals surface area contributed by atoms with Gasteiger partial charge >= 0.3 is 0 Å². The molecule has 0 aromatic heterocycles. The van der Waals surface area contributed by atoms with Crippen molar-refractivity contribution >= 4 is 18.3 Å². The van der Waals surface area contributed by atoms with Crippen LogP contribution in [0.25, 0.3) is 0 Å². The van der Waals surface area contributed by atoms with Crippen LogP contribution in [-0.4, -0.2) is 24.6 Å². The number of hydrogen-bond donors (Lipinski definition) is 2. The van der Waals surface area contributed by atoms with Crippen LogP contribution in [0.3, 0.4) is 0 Å². The number of carbonyl (C=O) groups excluding carboxylic acids is 1. The zero-order valence-electron chi connectivity index (χ0n) is 11.4. The molecule has 0 heterocycles. The Morgan fingerprint density at radius 3 is 2.47 bits per heavy atom. The molecule has 1 aliphatic carbocycles. The number of carbonyl (C=O) groups is 1. The fourth-order valence-electron chi connectivity index (χ4n) is 1.88. The van der Waals surface area contributed by atoms with E-state index in [1.807, 2.05) is 32.0 Å². The minimum Gasteiger partial charge on any atom is -0.491 e. The summed E-state index contributed by atoms with van der Waals surface area (Å²) < 4.78 is 5.70. The van der Waals surface area contributed by atoms with Gasteiger partial charge in [0, 0.05) is 0 Å². The van der Waals surface area contributed by atoms with E-state index in [1.54, 1.807) is 0 Å². The number of nitrogens with two attached hydrogens (primary N) is 1. The number of nitrogens with one attached hydrogen (secondary N) is 1. The van der Waals surface area contributed by atoms with Crippen LogP contribution < -0.4 is 15.8 Å². The third-order valence-electron chi connectivity index (χ3n) is 3.28. The lowest BCUT2D eigenvalue weighted by Crippen LogP contribution is -2.44. The Hall–Kier alpha value is -1.26. The third kappa shape index (κ3) is 3.85. The summed E-state index contributed by atoms with van der Waals surface area (Å²) in [6.45, 7) is 4.99. The predicted molar refractivity (Wildman–Crippen MR) is 77.8 cm³/mol. The van der Waals surface area contributed by atoms with Crippen LogP contribution in [0.5, 0.6) is 5.75 Å². The summed E-state index contributed by atoms with van der Waals surface area (Å²) in [5.74, 6) is 0.841. The van der Waals surface area contributed by atoms with E-state index in [-0.39, 0.29) is 18.3 Å². The summed E-state index contributed by atoms with van der Waals surface area (Å²) in [7, 11) is 0. The lowest BCUT2D eigenvalue weighted by Gasteiger charge is -2.13. The van der Waals surface area contributed by atoms with Crippen LogP contribution in [0.15, 0.2) is 18.2 Å². The topological polar surface area (TPSA) is 64.3 Å². The Kier molecular flexibility index (Phi) is 5.20. The van der Waals surface area contributed by atoms with Gasteiger partial charge in [-0.2, -0.15) is 0 Å². The standard InChI is InChI=1S/C14H20N2O2.ClH/c1-10-4-3-5-11(2)12(10)18-9-8-16-13(17)14(15)6-7-14;/h3-5H,6-9,15H2,1-2H3,(H,16,17);1H. The molecule has 1 aliphatic rings. The molecule has 0 saturated heterocycles. The van der Waals surface area contributed by atoms with Crippen molar-refractivity contribution < 1.29 is 9.53 Å². The van der Waals surface area contributed by atoms with Crippen molar-refractivity contribution in [1.82, 2.24) is 5.32 Å². The lowest BCUT2D eigenvalue weighted by molar-refractivity contribution is -0.123. The van der Waals surface area contributed by atoms with Gasteiger partial charge in [-0.15, -0.1) is 12.4 Å². The maximum atomic E-state index is 11.6. The molecule has 3 N–H and O–H groups in total. The van der Waals surface area contributed by atoms with Crippen molar-refractivity contribution in [2.24, 2.45) is 5.73 Å². The van der Waals surface area contributed by atoms with Crippen LogP contribution in [-0.2, 0) is 4.79 Å². The SMILES string of the molecule is Cc1cccc(C)c1OCCNC(=O)C1(N)CC1.Cl. The summed E-state index contributed by atoms with van der Waals surface area (Å²) in [5.41, 5.74) is 7.40. The third-order valence-corrected chi connectivity index (χ3v) is 3.28. The van der Waals surface area contributed by atoms with Gasteiger partial charge in [-0.05, 0) is 37.8 Å². The fourth-order valence-corrected chi connectivity index (χ4v) is 1.88. The minimum absolute atomic E-state index is 0. The second kappa shape index (κ2) is 6.26. The molecule has 0 bridgehead atoms. The molecule has 4 nitrogen and oxygen atoms in total. The van der Waals surface area contributed by atoms with E-state index in [2.05, 4.69) is 5.32 Å². The van der Waals surface area contributed by atoms with E-state index in [4.69, 9.17) is 10.5 Å². The largest absolute Gasteiger partial charge is 0.491 e. The molecular weight excluding hydrogens is 264 g/mol. The molecule has 2 rings (SSSR count). The average molecular weight is 285 g/mol. The number of aryl methyl sites for hydroxylation is 2. The molecule has 0 spiro atoms. The highest BCUT2D eigenvalue weighted by molar-refractivity contribution is 5.88. The van der Waals surface area contributed by atoms with Gasteiger partial charge in [-0.3, -0.25) is 4.79 Å². The molecule has 0 unspecified atom stereocenters. The quantitative estimate of drug-likeness (QED) is 0.809. The first kappa shape index (κ1) is 15.8. The van der Waals surface area contributed by atoms with E-state index in [0.29, 0.717) is 13.2 Å². The van der Waals surface area contributed by atoms with Crippen molar-refractivity contribution in [3.05, 3.63) is 29.3 Å². The molecular formula is C14H21ClN2O2. The van der Waals surface area contributed by atoms with Gasteiger partial charge in [0.2, 0.25) is 5.91 Å². The van der Waals surface area contributed by atoms with E-state index < -0.39 is 5.54 Å². The van der Waals surface area contributed by atoms with Crippen molar-refractivity contribution in [3.63, 3.8) is 0 Å². The number of ether oxygens (including phenoxy) is 1. The lowest BCUT2D eigenvalue weighted by atomic mass is 10.1. The normalized spacial score (nSPS) is 15.3. The fraction of sp³-hybridized carbons (Fsp3) is 0.500. The Labute approximate surface area is 120 Å². The molecule has 1 aromatic rings. The number of amides is 1. The Balaban J connectivity index is 0.00000180. The summed E-state index contributed by atoms with van der Waals surface area (Å²) in [4.78, 5) is 11.6. The number of para-hydroxylation sites is 1. The highest BCUT2D eigenvalue weighted by Gasteiger charge is 2.45. The average Bonchev–Trinajstić information content (AvgIpc) is 3.07. The molecule has 1 saturated carbocycles. The molecule has 19 heavy (non-hydrogen) atoms. The molecule has 0 radical (unpaired) electrons. The van der Waals surface area contributed by atoms with E-state index in [1.165, 1.54) is 0 Å². The van der Waals surface area contributed by atoms with Gasteiger partial charge in [0.15, 0.2) is 0 Å². The smallest absolute Gasteiger partial charge is 0.240 e. The molecule has 1 amide bonds. The predicted octanol–water partition coefficient (Wildman–Crippen LogP) is 1.71. The summed E-state index contributed by atoms with van der Waals surface area (Å²) >= 11 is 0. The van der Waals surface area contributed by atoms with Gasteiger partial charge in [-0.1, -0.05) is 18.2 Å². The molecule has 0 atom stereocenters. The molecule has 1 aromatic carbocycles. The van der Waals surface area contributed by atoms with Crippen LogP contribution in [0.1, 0.15) is 24.0 Å². The zero-order chi connectivity index (χ0) is 13.2. The van der Waals surface area contributed by atoms with E-state index in [0.717, 1.165) is 29.7 Å². The maximum Gasteiger partial charge on any atom is 0.240 e. The Bertz CT molecular complexity index is 439. The second-order valence-electron chi connectivity index (χ2n) is 4.98. The van der Waals surface area contributed by atoms with Crippen molar-refractivity contribution in [1.29, 1.82) is 0 Å². The van der Waals surface area contributed by atoms with Crippen LogP contribution in [0.4, 0.5) is 0 Å². The number of benzene rings is 1. The van der Waals surface area contributed by atoms with Gasteiger partial charge < -0.3 is 15.8 Å².